The Morgan fingerprint density at radius 2 is 2.04 bits per heavy atom. The van der Waals surface area contributed by atoms with Crippen LogP contribution in [0, 0.1) is 10.1 Å². The van der Waals surface area contributed by atoms with Crippen LogP contribution in [0.5, 0.6) is 0 Å². The first-order chi connectivity index (χ1) is 13.4. The summed E-state index contributed by atoms with van der Waals surface area (Å²) in [5, 5.41) is 18.6. The molecule has 0 bridgehead atoms. The fourth-order valence-electron chi connectivity index (χ4n) is 2.81. The number of carbonyl (C=O) groups excluding carboxylic acids is 1. The summed E-state index contributed by atoms with van der Waals surface area (Å²) in [4.78, 5) is 25.4. The van der Waals surface area contributed by atoms with E-state index >= 15 is 0 Å². The lowest BCUT2D eigenvalue weighted by molar-refractivity contribution is -0.384. The number of nitrogens with zero attached hydrogens (tertiary/aromatic N) is 5. The minimum Gasteiger partial charge on any atom is -0.349 e. The lowest BCUT2D eigenvalue weighted by Crippen LogP contribution is -2.32. The van der Waals surface area contributed by atoms with Crippen molar-refractivity contribution >= 4 is 11.6 Å². The predicted molar refractivity (Wildman–Crippen MR) is 106 cm³/mol. The quantitative estimate of drug-likeness (QED) is 0.498. The molecule has 0 saturated carbocycles. The summed E-state index contributed by atoms with van der Waals surface area (Å²) in [5.74, 6) is -0.290. The molecule has 0 aliphatic rings. The van der Waals surface area contributed by atoms with Crippen molar-refractivity contribution in [1.29, 1.82) is 0 Å². The molecule has 9 heteroatoms. The van der Waals surface area contributed by atoms with Gasteiger partial charge in [-0.05, 0) is 38.4 Å². The molecule has 0 aliphatic heterocycles. The second kappa shape index (κ2) is 8.05. The summed E-state index contributed by atoms with van der Waals surface area (Å²) in [6.45, 7) is 1.17. The van der Waals surface area contributed by atoms with Crippen LogP contribution < -0.4 is 5.32 Å². The van der Waals surface area contributed by atoms with Crippen LogP contribution in [0.1, 0.15) is 10.5 Å². The van der Waals surface area contributed by atoms with E-state index in [1.165, 1.54) is 16.8 Å². The summed E-state index contributed by atoms with van der Waals surface area (Å²) < 4.78 is 3.34. The van der Waals surface area contributed by atoms with E-state index in [0.717, 1.165) is 5.69 Å². The standard InChI is InChI=1S/C19H22N6O3/c1-22(2)11-9-20-19(26)18-13-16(17-8-5-10-23(17)3)21-24(18)14-6-4-7-15(12-14)25(27)28/h4-8,10,12-13H,9,11H2,1-3H3,(H,20,26). The Morgan fingerprint density at radius 1 is 1.25 bits per heavy atom. The molecule has 2 aromatic heterocycles. The minimum atomic E-state index is -0.470. The van der Waals surface area contributed by atoms with Gasteiger partial charge >= 0.3 is 0 Å². The first-order valence-electron chi connectivity index (χ1n) is 8.76. The maximum atomic E-state index is 12.8. The largest absolute Gasteiger partial charge is 0.349 e. The molecule has 146 valence electrons. The van der Waals surface area contributed by atoms with Crippen molar-refractivity contribution in [2.45, 2.75) is 0 Å². The maximum Gasteiger partial charge on any atom is 0.271 e. The van der Waals surface area contributed by atoms with E-state index in [0.29, 0.717) is 30.2 Å². The summed E-state index contributed by atoms with van der Waals surface area (Å²) in [6.07, 6.45) is 1.89. The van der Waals surface area contributed by atoms with Gasteiger partial charge in [0.1, 0.15) is 11.4 Å². The summed E-state index contributed by atoms with van der Waals surface area (Å²) >= 11 is 0. The molecule has 3 aromatic rings. The first-order valence-corrected chi connectivity index (χ1v) is 8.76. The SMILES string of the molecule is CN(C)CCNC(=O)c1cc(-c2cccn2C)nn1-c1cccc([N+](=O)[O-])c1. The number of nitro benzene ring substituents is 1. The molecule has 0 radical (unpaired) electrons. The molecular weight excluding hydrogens is 360 g/mol. The lowest BCUT2D eigenvalue weighted by atomic mass is 10.2. The van der Waals surface area contributed by atoms with Gasteiger partial charge in [0.2, 0.25) is 0 Å². The molecule has 0 aliphatic carbocycles. The molecule has 1 amide bonds. The number of amides is 1. The van der Waals surface area contributed by atoms with E-state index in [1.807, 2.05) is 48.9 Å². The lowest BCUT2D eigenvalue weighted by Gasteiger charge is -2.11. The third-order valence-corrected chi connectivity index (χ3v) is 4.28. The van der Waals surface area contributed by atoms with Gasteiger partial charge < -0.3 is 14.8 Å². The molecule has 0 spiro atoms. The van der Waals surface area contributed by atoms with Crippen molar-refractivity contribution in [3.8, 4) is 17.1 Å². The number of hydrogen-bond donors (Lipinski definition) is 1. The number of benzene rings is 1. The zero-order valence-corrected chi connectivity index (χ0v) is 16.0. The smallest absolute Gasteiger partial charge is 0.271 e. The van der Waals surface area contributed by atoms with Crippen molar-refractivity contribution < 1.29 is 9.72 Å². The number of carbonyl (C=O) groups is 1. The maximum absolute atomic E-state index is 12.8. The van der Waals surface area contributed by atoms with Gasteiger partial charge in [-0.1, -0.05) is 6.07 Å². The molecule has 2 heterocycles. The number of nitrogens with one attached hydrogen (secondary N) is 1. The molecule has 3 rings (SSSR count). The summed E-state index contributed by atoms with van der Waals surface area (Å²) in [7, 11) is 5.73. The van der Waals surface area contributed by atoms with Gasteiger partial charge in [0, 0.05) is 38.5 Å². The number of hydrogen-bond acceptors (Lipinski definition) is 5. The van der Waals surface area contributed by atoms with Crippen LogP contribution in [0.15, 0.2) is 48.7 Å². The molecule has 9 nitrogen and oxygen atoms in total. The highest BCUT2D eigenvalue weighted by Crippen LogP contribution is 2.23. The van der Waals surface area contributed by atoms with Crippen LogP contribution >= 0.6 is 0 Å². The van der Waals surface area contributed by atoms with E-state index in [-0.39, 0.29) is 11.6 Å². The van der Waals surface area contributed by atoms with Crippen LogP contribution in [0.4, 0.5) is 5.69 Å². The van der Waals surface area contributed by atoms with Gasteiger partial charge in [0.25, 0.3) is 11.6 Å². The third-order valence-electron chi connectivity index (χ3n) is 4.28. The number of aromatic nitrogens is 3. The van der Waals surface area contributed by atoms with Gasteiger partial charge in [-0.2, -0.15) is 5.10 Å². The third kappa shape index (κ3) is 4.09. The highest BCUT2D eigenvalue weighted by molar-refractivity contribution is 5.94. The molecule has 0 fully saturated rings. The molecule has 28 heavy (non-hydrogen) atoms. The van der Waals surface area contributed by atoms with Gasteiger partial charge in [-0.3, -0.25) is 14.9 Å². The van der Waals surface area contributed by atoms with Crippen molar-refractivity contribution in [3.05, 3.63) is 64.5 Å². The van der Waals surface area contributed by atoms with E-state index in [2.05, 4.69) is 10.4 Å². The molecular formula is C19H22N6O3. The Kier molecular flexibility index (Phi) is 5.55. The van der Waals surface area contributed by atoms with E-state index in [4.69, 9.17) is 0 Å². The molecule has 0 atom stereocenters. The number of non-ortho nitro benzene ring substituents is 1. The Balaban J connectivity index is 2.03. The van der Waals surface area contributed by atoms with Crippen LogP contribution in [0.3, 0.4) is 0 Å². The highest BCUT2D eigenvalue weighted by Gasteiger charge is 2.19. The first kappa shape index (κ1) is 19.3. The Bertz CT molecular complexity index is 1000. The number of rotatable bonds is 7. The van der Waals surface area contributed by atoms with Crippen LogP contribution in [-0.2, 0) is 7.05 Å². The van der Waals surface area contributed by atoms with Crippen LogP contribution in [0.25, 0.3) is 17.1 Å². The Labute approximate surface area is 162 Å². The topological polar surface area (TPSA) is 98.2 Å². The summed E-state index contributed by atoms with van der Waals surface area (Å²) in [6, 6.07) is 11.5. The van der Waals surface area contributed by atoms with Gasteiger partial charge in [-0.25, -0.2) is 4.68 Å². The normalized spacial score (nSPS) is 11.0. The monoisotopic (exact) mass is 382 g/mol. The van der Waals surface area contributed by atoms with E-state index < -0.39 is 4.92 Å². The van der Waals surface area contributed by atoms with Crippen molar-refractivity contribution in [2.24, 2.45) is 7.05 Å². The number of aryl methyl sites for hydroxylation is 1. The van der Waals surface area contributed by atoms with Gasteiger partial charge in [0.15, 0.2) is 0 Å². The Morgan fingerprint density at radius 3 is 2.68 bits per heavy atom. The van der Waals surface area contributed by atoms with Crippen molar-refractivity contribution in [2.75, 3.05) is 27.2 Å². The average molecular weight is 382 g/mol. The van der Waals surface area contributed by atoms with Crippen molar-refractivity contribution in [3.63, 3.8) is 0 Å². The zero-order valence-electron chi connectivity index (χ0n) is 16.0. The second-order valence-corrected chi connectivity index (χ2v) is 6.67. The van der Waals surface area contributed by atoms with Crippen molar-refractivity contribution in [1.82, 2.24) is 24.6 Å². The highest BCUT2D eigenvalue weighted by atomic mass is 16.6. The average Bonchev–Trinajstić information content (AvgIpc) is 3.27. The van der Waals surface area contributed by atoms with Crippen LogP contribution in [0.2, 0.25) is 0 Å². The molecule has 0 saturated heterocycles. The fourth-order valence-corrected chi connectivity index (χ4v) is 2.81. The predicted octanol–water partition coefficient (Wildman–Crippen LogP) is 2.08. The second-order valence-electron chi connectivity index (χ2n) is 6.67. The van der Waals surface area contributed by atoms with Gasteiger partial charge in [-0.15, -0.1) is 0 Å². The van der Waals surface area contributed by atoms with E-state index in [9.17, 15) is 14.9 Å². The molecule has 1 aromatic carbocycles. The number of nitro groups is 1. The van der Waals surface area contributed by atoms with Gasteiger partial charge in [0.05, 0.1) is 16.3 Å². The molecule has 0 unspecified atom stereocenters. The fraction of sp³-hybridized carbons (Fsp3) is 0.263. The summed E-state index contributed by atoms with van der Waals surface area (Å²) in [5.41, 5.74) is 2.15. The van der Waals surface area contributed by atoms with E-state index in [1.54, 1.807) is 18.2 Å². The minimum absolute atomic E-state index is 0.0626. The van der Waals surface area contributed by atoms with Crippen LogP contribution in [-0.4, -0.2) is 57.3 Å². The molecule has 1 N–H and O–H groups in total. The zero-order chi connectivity index (χ0) is 20.3. The number of likely N-dealkylation sites (N-methyl/N-ethyl adjacent to an activating group) is 1. The Hall–Kier alpha value is -3.46.